The minimum absolute atomic E-state index is 0.0149. The molecule has 6 heteroatoms. The first-order valence-electron chi connectivity index (χ1n) is 6.69. The number of amidine groups is 1. The number of hydroxylamine groups is 1. The fourth-order valence-corrected chi connectivity index (χ4v) is 2.89. The number of aliphatic imine (C=N–C) groups is 1. The number of nitro benzene ring substituents is 1. The molecular weight excluding hydrogens is 258 g/mol. The summed E-state index contributed by atoms with van der Waals surface area (Å²) in [5.41, 5.74) is 1.05. The monoisotopic (exact) mass is 273 g/mol. The molecule has 1 aliphatic carbocycles. The fraction of sp³-hybridized carbons (Fsp3) is 0.429. The van der Waals surface area contributed by atoms with E-state index in [1.54, 1.807) is 12.1 Å². The number of benzene rings is 1. The predicted molar refractivity (Wildman–Crippen MR) is 75.1 cm³/mol. The first kappa shape index (κ1) is 12.8. The van der Waals surface area contributed by atoms with E-state index >= 15 is 0 Å². The highest BCUT2D eigenvalue weighted by Gasteiger charge is 2.47. The molecule has 1 aromatic carbocycles. The van der Waals surface area contributed by atoms with Crippen molar-refractivity contribution in [2.45, 2.75) is 38.1 Å². The molecule has 1 aromatic rings. The van der Waals surface area contributed by atoms with Gasteiger partial charge in [0.1, 0.15) is 0 Å². The van der Waals surface area contributed by atoms with Gasteiger partial charge in [-0.3, -0.25) is 14.9 Å². The molecule has 0 amide bonds. The maximum absolute atomic E-state index is 12.5. The third kappa shape index (κ3) is 1.79. The zero-order chi connectivity index (χ0) is 14.3. The number of non-ortho nitro benzene ring substituents is 1. The summed E-state index contributed by atoms with van der Waals surface area (Å²) in [7, 11) is 0. The Morgan fingerprint density at radius 2 is 2.00 bits per heavy atom. The molecule has 1 aliphatic heterocycles. The van der Waals surface area contributed by atoms with E-state index in [9.17, 15) is 15.3 Å². The molecule has 0 N–H and O–H groups in total. The quantitative estimate of drug-likeness (QED) is 0.359. The highest BCUT2D eigenvalue weighted by Crippen LogP contribution is 2.33. The van der Waals surface area contributed by atoms with Crippen LogP contribution in [-0.2, 0) is 0 Å². The third-order valence-corrected chi connectivity index (χ3v) is 4.17. The van der Waals surface area contributed by atoms with Gasteiger partial charge >= 0.3 is 5.84 Å². The second-order valence-electron chi connectivity index (χ2n) is 5.46. The molecule has 1 saturated carbocycles. The SMILES string of the molecule is CC12CCCCC1=NC(c1ccc([N+](=O)[O-])cc1)=[N+]2[O-]. The van der Waals surface area contributed by atoms with Crippen molar-refractivity contribution in [1.29, 1.82) is 0 Å². The largest absolute Gasteiger partial charge is 0.714 e. The predicted octanol–water partition coefficient (Wildman–Crippen LogP) is 2.64. The number of hydrogen-bond donors (Lipinski definition) is 0. The van der Waals surface area contributed by atoms with Crippen LogP contribution >= 0.6 is 0 Å². The summed E-state index contributed by atoms with van der Waals surface area (Å²) in [6, 6.07) is 5.98. The van der Waals surface area contributed by atoms with Crippen LogP contribution in [0.2, 0.25) is 0 Å². The van der Waals surface area contributed by atoms with E-state index < -0.39 is 10.5 Å². The molecule has 1 fully saturated rings. The summed E-state index contributed by atoms with van der Waals surface area (Å²) in [6.07, 6.45) is 3.76. The van der Waals surface area contributed by atoms with Crippen molar-refractivity contribution in [2.24, 2.45) is 4.99 Å². The van der Waals surface area contributed by atoms with Crippen LogP contribution in [0, 0.1) is 15.3 Å². The summed E-state index contributed by atoms with van der Waals surface area (Å²) in [5.74, 6) is 0.374. The van der Waals surface area contributed by atoms with Gasteiger partial charge in [0, 0.05) is 18.6 Å². The lowest BCUT2D eigenvalue weighted by Gasteiger charge is -2.31. The standard InChI is InChI=1S/C14H15N3O3/c1-14-9-3-2-4-12(14)15-13(16(14)18)10-5-7-11(8-6-10)17(19)20/h5-8H,2-4,9H2,1H3. The topological polar surface area (TPSA) is 81.6 Å². The van der Waals surface area contributed by atoms with Crippen molar-refractivity contribution in [2.75, 3.05) is 0 Å². The number of nitrogens with zero attached hydrogens (tertiary/aromatic N) is 3. The van der Waals surface area contributed by atoms with Crippen LogP contribution < -0.4 is 0 Å². The lowest BCUT2D eigenvalue weighted by Crippen LogP contribution is -2.44. The van der Waals surface area contributed by atoms with Crippen molar-refractivity contribution < 1.29 is 9.66 Å². The van der Waals surface area contributed by atoms with Gasteiger partial charge in [0.25, 0.3) is 5.69 Å². The Balaban J connectivity index is 2.01. The summed E-state index contributed by atoms with van der Waals surface area (Å²) in [4.78, 5) is 14.7. The van der Waals surface area contributed by atoms with Crippen molar-refractivity contribution in [3.8, 4) is 0 Å². The number of hydrogen-bond acceptors (Lipinski definition) is 4. The number of nitro groups is 1. The molecule has 104 valence electrons. The van der Waals surface area contributed by atoms with Crippen molar-refractivity contribution >= 4 is 17.2 Å². The molecule has 20 heavy (non-hydrogen) atoms. The zero-order valence-electron chi connectivity index (χ0n) is 11.2. The van der Waals surface area contributed by atoms with Gasteiger partial charge in [-0.15, -0.1) is 0 Å². The normalized spacial score (nSPS) is 25.4. The molecule has 1 atom stereocenters. The van der Waals surface area contributed by atoms with Crippen LogP contribution in [-0.4, -0.2) is 26.7 Å². The van der Waals surface area contributed by atoms with Gasteiger partial charge in [0.05, 0.1) is 10.5 Å². The van der Waals surface area contributed by atoms with Gasteiger partial charge in [-0.2, -0.15) is 0 Å². The van der Waals surface area contributed by atoms with E-state index in [1.807, 2.05) is 6.92 Å². The first-order valence-corrected chi connectivity index (χ1v) is 6.69. The molecule has 0 spiro atoms. The Kier molecular flexibility index (Phi) is 2.81. The molecule has 3 rings (SSSR count). The zero-order valence-corrected chi connectivity index (χ0v) is 11.2. The maximum Gasteiger partial charge on any atom is 0.329 e. The molecule has 2 aliphatic rings. The Labute approximate surface area is 116 Å². The van der Waals surface area contributed by atoms with Crippen LogP contribution in [0.1, 0.15) is 38.2 Å². The molecule has 6 nitrogen and oxygen atoms in total. The Bertz CT molecular complexity index is 634. The molecule has 0 radical (unpaired) electrons. The second-order valence-corrected chi connectivity index (χ2v) is 5.46. The Morgan fingerprint density at radius 3 is 2.60 bits per heavy atom. The van der Waals surface area contributed by atoms with Crippen LogP contribution in [0.4, 0.5) is 5.69 Å². The lowest BCUT2D eigenvalue weighted by molar-refractivity contribution is -0.520. The minimum Gasteiger partial charge on any atom is -0.714 e. The fourth-order valence-electron chi connectivity index (χ4n) is 2.89. The van der Waals surface area contributed by atoms with E-state index in [4.69, 9.17) is 0 Å². The molecule has 1 heterocycles. The summed E-state index contributed by atoms with van der Waals surface area (Å²) in [5, 5.41) is 23.2. The van der Waals surface area contributed by atoms with Gasteiger partial charge in [0.15, 0.2) is 11.3 Å². The molecule has 0 aromatic heterocycles. The van der Waals surface area contributed by atoms with E-state index in [2.05, 4.69) is 4.99 Å². The summed E-state index contributed by atoms with van der Waals surface area (Å²) < 4.78 is 0.975. The smallest absolute Gasteiger partial charge is 0.329 e. The lowest BCUT2D eigenvalue weighted by atomic mass is 9.82. The first-order chi connectivity index (χ1) is 9.52. The van der Waals surface area contributed by atoms with E-state index in [0.717, 1.165) is 36.1 Å². The summed E-state index contributed by atoms with van der Waals surface area (Å²) >= 11 is 0. The molecule has 0 saturated heterocycles. The van der Waals surface area contributed by atoms with Gasteiger partial charge in [-0.05, 0) is 43.3 Å². The molecule has 0 bridgehead atoms. The van der Waals surface area contributed by atoms with Crippen LogP contribution in [0.5, 0.6) is 0 Å². The highest BCUT2D eigenvalue weighted by atomic mass is 16.6. The Hall–Kier alpha value is -2.24. The van der Waals surface area contributed by atoms with Crippen molar-refractivity contribution in [3.05, 3.63) is 45.2 Å². The maximum atomic E-state index is 12.5. The third-order valence-electron chi connectivity index (χ3n) is 4.17. The average Bonchev–Trinajstić information content (AvgIpc) is 2.72. The Morgan fingerprint density at radius 1 is 1.30 bits per heavy atom. The second kappa shape index (κ2) is 4.40. The van der Waals surface area contributed by atoms with Crippen molar-refractivity contribution in [1.82, 2.24) is 0 Å². The van der Waals surface area contributed by atoms with Gasteiger partial charge < -0.3 is 5.21 Å². The van der Waals surface area contributed by atoms with E-state index in [1.165, 1.54) is 12.1 Å². The van der Waals surface area contributed by atoms with Crippen LogP contribution in [0.15, 0.2) is 29.3 Å². The average molecular weight is 273 g/mol. The van der Waals surface area contributed by atoms with E-state index in [-0.39, 0.29) is 5.69 Å². The highest BCUT2D eigenvalue weighted by molar-refractivity contribution is 6.10. The van der Waals surface area contributed by atoms with Gasteiger partial charge in [0.2, 0.25) is 0 Å². The van der Waals surface area contributed by atoms with E-state index in [0.29, 0.717) is 11.4 Å². The van der Waals surface area contributed by atoms with Crippen LogP contribution in [0.25, 0.3) is 0 Å². The van der Waals surface area contributed by atoms with Gasteiger partial charge in [-0.1, -0.05) is 0 Å². The van der Waals surface area contributed by atoms with Crippen molar-refractivity contribution in [3.63, 3.8) is 0 Å². The van der Waals surface area contributed by atoms with Gasteiger partial charge in [-0.25, -0.2) is 0 Å². The molecule has 1 unspecified atom stereocenters. The summed E-state index contributed by atoms with van der Waals surface area (Å²) in [6.45, 7) is 1.93. The number of fused-ring (bicyclic) bond motifs is 1. The minimum atomic E-state index is -0.532. The van der Waals surface area contributed by atoms with Crippen LogP contribution in [0.3, 0.4) is 0 Å². The molecular formula is C14H15N3O3. The number of rotatable bonds is 2.